The second kappa shape index (κ2) is 9.23. The van der Waals surface area contributed by atoms with Crippen LogP contribution in [0.15, 0.2) is 30.6 Å². The van der Waals surface area contributed by atoms with Crippen molar-refractivity contribution in [3.8, 4) is 0 Å². The van der Waals surface area contributed by atoms with Crippen LogP contribution in [0.4, 0.5) is 5.69 Å². The fourth-order valence-corrected chi connectivity index (χ4v) is 3.37. The number of Topliss-reactive ketones (excluding diaryl/α,β-unsaturated/α-hetero) is 1. The Kier molecular flexibility index (Phi) is 6.44. The lowest BCUT2D eigenvalue weighted by Gasteiger charge is -2.42. The summed E-state index contributed by atoms with van der Waals surface area (Å²) in [7, 11) is 0. The van der Waals surface area contributed by atoms with Crippen LogP contribution in [0.25, 0.3) is 5.53 Å². The van der Waals surface area contributed by atoms with Gasteiger partial charge in [0.25, 0.3) is 11.5 Å². The molecule has 0 unspecified atom stereocenters. The molecule has 0 radical (unpaired) electrons. The number of tetrazole rings is 1. The number of hydrogen-bond acceptors (Lipinski definition) is 10. The van der Waals surface area contributed by atoms with Crippen LogP contribution >= 0.6 is 0 Å². The maximum atomic E-state index is 12.8. The number of nitrogens with zero attached hydrogens (tertiary/aromatic N) is 7. The van der Waals surface area contributed by atoms with Gasteiger partial charge in [-0.1, -0.05) is 6.92 Å². The zero-order chi connectivity index (χ0) is 24.3. The number of hydrogen-bond donors (Lipinski definition) is 1. The van der Waals surface area contributed by atoms with E-state index in [9.17, 15) is 34.8 Å². The molecule has 15 nitrogen and oxygen atoms in total. The fourth-order valence-electron chi connectivity index (χ4n) is 3.37. The lowest BCUT2D eigenvalue weighted by Crippen LogP contribution is -2.65. The highest BCUT2D eigenvalue weighted by atomic mass is 16.6. The number of β-lactam (4-membered cyclic amide) rings is 1. The van der Waals surface area contributed by atoms with Crippen LogP contribution in [-0.4, -0.2) is 65.3 Å². The van der Waals surface area contributed by atoms with E-state index in [2.05, 4.69) is 30.4 Å². The standard InChI is InChI=1S/C18H16N8O7/c1-8(13-12(16(28)21-13)9(2)25-7-20-23-24-25)15(27)14(22-19)18(30)33-17(29)10-3-5-11(6-4-10)26(31)32/h3-9,12-13H,1-2H3,(H,21,28)/t8-,9-,12-,13-/m1/s1. The van der Waals surface area contributed by atoms with Crippen LogP contribution in [0.5, 0.6) is 0 Å². The molecule has 1 amide bonds. The van der Waals surface area contributed by atoms with Crippen LogP contribution in [-0.2, 0) is 19.1 Å². The Morgan fingerprint density at radius 2 is 1.94 bits per heavy atom. The minimum atomic E-state index is -1.52. The van der Waals surface area contributed by atoms with E-state index < -0.39 is 52.3 Å². The number of aromatic nitrogens is 4. The molecule has 0 spiro atoms. The summed E-state index contributed by atoms with van der Waals surface area (Å²) in [6.07, 6.45) is 1.31. The maximum absolute atomic E-state index is 12.8. The molecule has 170 valence electrons. The Labute approximate surface area is 184 Å². The number of nitro benzene ring substituents is 1. The molecule has 1 aliphatic rings. The van der Waals surface area contributed by atoms with E-state index in [0.29, 0.717) is 0 Å². The van der Waals surface area contributed by atoms with Gasteiger partial charge in [0.2, 0.25) is 5.91 Å². The maximum Gasteiger partial charge on any atom is 0.442 e. The van der Waals surface area contributed by atoms with E-state index in [0.717, 1.165) is 24.3 Å². The lowest BCUT2D eigenvalue weighted by atomic mass is 9.75. The zero-order valence-corrected chi connectivity index (χ0v) is 17.2. The molecule has 0 aliphatic carbocycles. The average Bonchev–Trinajstić information content (AvgIpc) is 3.32. The minimum Gasteiger partial charge on any atom is -0.380 e. The summed E-state index contributed by atoms with van der Waals surface area (Å²) in [5.41, 5.74) is 7.67. The van der Waals surface area contributed by atoms with Crippen LogP contribution in [0.1, 0.15) is 30.2 Å². The van der Waals surface area contributed by atoms with Gasteiger partial charge in [0.05, 0.1) is 28.5 Å². The summed E-state index contributed by atoms with van der Waals surface area (Å²) in [6, 6.07) is 2.92. The topological polar surface area (TPSA) is 213 Å². The van der Waals surface area contributed by atoms with Crippen molar-refractivity contribution in [2.45, 2.75) is 25.9 Å². The molecule has 2 aromatic rings. The first-order valence-electron chi connectivity index (χ1n) is 9.45. The Bertz CT molecular complexity index is 1170. The highest BCUT2D eigenvalue weighted by Gasteiger charge is 2.51. The molecule has 1 aliphatic heterocycles. The van der Waals surface area contributed by atoms with Crippen LogP contribution in [0.2, 0.25) is 0 Å². The predicted molar refractivity (Wildman–Crippen MR) is 104 cm³/mol. The summed E-state index contributed by atoms with van der Waals surface area (Å²) in [5, 5.41) is 24.0. The first-order chi connectivity index (χ1) is 15.6. The fraction of sp³-hybridized carbons (Fsp3) is 0.333. The summed E-state index contributed by atoms with van der Waals surface area (Å²) in [6.45, 7) is 3.07. The van der Waals surface area contributed by atoms with Crippen LogP contribution in [0, 0.1) is 22.0 Å². The molecule has 2 heterocycles. The molecule has 33 heavy (non-hydrogen) atoms. The number of esters is 2. The van der Waals surface area contributed by atoms with Crippen molar-refractivity contribution >= 4 is 35.0 Å². The van der Waals surface area contributed by atoms with E-state index in [1.54, 1.807) is 6.92 Å². The Balaban J connectivity index is 1.69. The van der Waals surface area contributed by atoms with Crippen molar-refractivity contribution in [1.29, 1.82) is 0 Å². The molecule has 0 bridgehead atoms. The van der Waals surface area contributed by atoms with E-state index in [4.69, 9.17) is 0 Å². The first kappa shape index (κ1) is 23.0. The number of carbonyl (C=O) groups is 4. The van der Waals surface area contributed by atoms with E-state index in [-0.39, 0.29) is 17.2 Å². The Morgan fingerprint density at radius 1 is 1.27 bits per heavy atom. The molecule has 3 rings (SSSR count). The second-order valence-electron chi connectivity index (χ2n) is 7.17. The van der Waals surface area contributed by atoms with Gasteiger partial charge in [0.1, 0.15) is 6.33 Å². The van der Waals surface area contributed by atoms with Gasteiger partial charge in [-0.3, -0.25) is 19.7 Å². The smallest absolute Gasteiger partial charge is 0.380 e. The van der Waals surface area contributed by atoms with Gasteiger partial charge in [0, 0.05) is 18.1 Å². The lowest BCUT2D eigenvalue weighted by molar-refractivity contribution is -0.384. The molecular formula is C18H16N8O7. The minimum absolute atomic E-state index is 0.201. The molecule has 1 aromatic heterocycles. The average molecular weight is 456 g/mol. The van der Waals surface area contributed by atoms with Crippen LogP contribution < -0.4 is 5.32 Å². The molecule has 0 saturated carbocycles. The van der Waals surface area contributed by atoms with Gasteiger partial charge in [-0.15, -0.1) is 5.10 Å². The molecular weight excluding hydrogens is 440 g/mol. The van der Waals surface area contributed by atoms with Crippen LogP contribution in [0.3, 0.4) is 0 Å². The normalized spacial score (nSPS) is 18.7. The largest absolute Gasteiger partial charge is 0.442 e. The second-order valence-corrected chi connectivity index (χ2v) is 7.17. The first-order valence-corrected chi connectivity index (χ1v) is 9.45. The molecule has 1 saturated heterocycles. The summed E-state index contributed by atoms with van der Waals surface area (Å²) in [5.74, 6) is -5.81. The summed E-state index contributed by atoms with van der Waals surface area (Å²) < 4.78 is 5.91. The summed E-state index contributed by atoms with van der Waals surface area (Å²) >= 11 is 0. The van der Waals surface area contributed by atoms with Gasteiger partial charge in [0.15, 0.2) is 0 Å². The number of rotatable bonds is 8. The predicted octanol–water partition coefficient (Wildman–Crippen LogP) is -0.484. The van der Waals surface area contributed by atoms with Crippen molar-refractivity contribution in [2.24, 2.45) is 11.8 Å². The monoisotopic (exact) mass is 456 g/mol. The van der Waals surface area contributed by atoms with Gasteiger partial charge in [-0.05, 0) is 29.5 Å². The third kappa shape index (κ3) is 4.52. The third-order valence-electron chi connectivity index (χ3n) is 5.28. The highest BCUT2D eigenvalue weighted by Crippen LogP contribution is 2.32. The SMILES string of the molecule is C[C@H]([C@H]1C(=O)N[C@@H]1[C@@H](C)C(=O)C(=[N+]=[N-])C(=O)OC(=O)c1ccc([N+](=O)[O-])cc1)n1cnnn1. The van der Waals surface area contributed by atoms with Crippen molar-refractivity contribution < 1.29 is 33.6 Å². The third-order valence-corrected chi connectivity index (χ3v) is 5.28. The summed E-state index contributed by atoms with van der Waals surface area (Å²) in [4.78, 5) is 62.0. The van der Waals surface area contributed by atoms with Gasteiger partial charge in [-0.2, -0.15) is 4.79 Å². The number of nitro groups is 1. The number of nitrogens with one attached hydrogen (secondary N) is 1. The van der Waals surface area contributed by atoms with Crippen molar-refractivity contribution in [3.05, 3.63) is 51.8 Å². The van der Waals surface area contributed by atoms with Gasteiger partial charge >= 0.3 is 17.7 Å². The van der Waals surface area contributed by atoms with E-state index in [1.165, 1.54) is 17.9 Å². The molecule has 4 atom stereocenters. The zero-order valence-electron chi connectivity index (χ0n) is 17.2. The van der Waals surface area contributed by atoms with Crippen molar-refractivity contribution in [3.63, 3.8) is 0 Å². The van der Waals surface area contributed by atoms with Crippen molar-refractivity contribution in [2.75, 3.05) is 0 Å². The number of benzene rings is 1. The van der Waals surface area contributed by atoms with Gasteiger partial charge < -0.3 is 15.6 Å². The quantitative estimate of drug-likeness (QED) is 0.0786. The number of non-ortho nitro benzene ring substituents is 1. The number of ether oxygens (including phenoxy) is 1. The Hall–Kier alpha value is -4.65. The van der Waals surface area contributed by atoms with E-state index >= 15 is 0 Å². The van der Waals surface area contributed by atoms with Gasteiger partial charge in [-0.25, -0.2) is 14.3 Å². The Morgan fingerprint density at radius 3 is 2.45 bits per heavy atom. The molecule has 15 heteroatoms. The molecule has 1 aromatic carbocycles. The number of ketones is 1. The number of carbonyl (C=O) groups excluding carboxylic acids is 4. The van der Waals surface area contributed by atoms with Crippen molar-refractivity contribution in [1.82, 2.24) is 25.5 Å². The number of amides is 1. The molecule has 1 N–H and O–H groups in total. The highest BCUT2D eigenvalue weighted by molar-refractivity contribution is 6.63. The molecule has 1 fully saturated rings. The van der Waals surface area contributed by atoms with E-state index in [1.807, 2.05) is 0 Å².